The highest BCUT2D eigenvalue weighted by molar-refractivity contribution is 5.30. The summed E-state index contributed by atoms with van der Waals surface area (Å²) in [5.41, 5.74) is 0. The van der Waals surface area contributed by atoms with Crippen molar-refractivity contribution in [1.82, 2.24) is 15.1 Å². The van der Waals surface area contributed by atoms with Crippen molar-refractivity contribution >= 4 is 5.82 Å². The van der Waals surface area contributed by atoms with E-state index in [4.69, 9.17) is 0 Å². The van der Waals surface area contributed by atoms with Crippen LogP contribution in [0.5, 0.6) is 0 Å². The number of anilines is 1. The van der Waals surface area contributed by atoms with Crippen molar-refractivity contribution in [3.05, 3.63) is 18.3 Å². The first-order valence-corrected chi connectivity index (χ1v) is 5.92. The van der Waals surface area contributed by atoms with Crippen LogP contribution in [0.3, 0.4) is 0 Å². The second-order valence-electron chi connectivity index (χ2n) is 4.32. The van der Waals surface area contributed by atoms with E-state index in [-0.39, 0.29) is 0 Å². The lowest BCUT2D eigenvalue weighted by atomic mass is 10.2. The Morgan fingerprint density at radius 1 is 1.38 bits per heavy atom. The van der Waals surface area contributed by atoms with Gasteiger partial charge < -0.3 is 10.2 Å². The van der Waals surface area contributed by atoms with Crippen LogP contribution in [0.25, 0.3) is 0 Å². The topological polar surface area (TPSA) is 41.0 Å². The molecule has 0 radical (unpaired) electrons. The first-order chi connectivity index (χ1) is 7.70. The summed E-state index contributed by atoms with van der Waals surface area (Å²) in [6.45, 7) is 6.56. The first-order valence-electron chi connectivity index (χ1n) is 5.92. The molecule has 1 heterocycles. The minimum absolute atomic E-state index is 0.632. The first kappa shape index (κ1) is 12.9. The average Bonchev–Trinajstić information content (AvgIpc) is 2.29. The standard InChI is InChI=1S/C12H22N4/c1-11(2)16(3)10-5-4-8-13-12-7-6-9-14-15-12/h6-7,9,11H,4-5,8,10H2,1-3H3,(H,13,15). The maximum Gasteiger partial charge on any atom is 0.148 e. The summed E-state index contributed by atoms with van der Waals surface area (Å²) >= 11 is 0. The van der Waals surface area contributed by atoms with Gasteiger partial charge in [0, 0.05) is 18.8 Å². The Morgan fingerprint density at radius 3 is 2.81 bits per heavy atom. The van der Waals surface area contributed by atoms with Gasteiger partial charge in [0.1, 0.15) is 5.82 Å². The Morgan fingerprint density at radius 2 is 2.19 bits per heavy atom. The predicted octanol–water partition coefficient (Wildman–Crippen LogP) is 2.01. The van der Waals surface area contributed by atoms with Crippen molar-refractivity contribution in [2.75, 3.05) is 25.5 Å². The van der Waals surface area contributed by atoms with Crippen molar-refractivity contribution < 1.29 is 0 Å². The predicted molar refractivity (Wildman–Crippen MR) is 67.5 cm³/mol. The molecule has 0 aliphatic carbocycles. The van der Waals surface area contributed by atoms with E-state index < -0.39 is 0 Å². The summed E-state index contributed by atoms with van der Waals surface area (Å²) in [5, 5.41) is 11.0. The molecule has 1 aromatic heterocycles. The molecule has 0 aliphatic rings. The highest BCUT2D eigenvalue weighted by Gasteiger charge is 2.01. The van der Waals surface area contributed by atoms with Crippen LogP contribution in [-0.2, 0) is 0 Å². The van der Waals surface area contributed by atoms with Gasteiger partial charge in [-0.1, -0.05) is 0 Å². The molecule has 4 heteroatoms. The van der Waals surface area contributed by atoms with Gasteiger partial charge in [0.15, 0.2) is 0 Å². The summed E-state index contributed by atoms with van der Waals surface area (Å²) in [7, 11) is 2.17. The van der Waals surface area contributed by atoms with Crippen LogP contribution in [0.4, 0.5) is 5.82 Å². The van der Waals surface area contributed by atoms with E-state index in [2.05, 4.69) is 41.3 Å². The molecule has 1 aromatic rings. The fraction of sp³-hybridized carbons (Fsp3) is 0.667. The molecular weight excluding hydrogens is 200 g/mol. The minimum Gasteiger partial charge on any atom is -0.369 e. The summed E-state index contributed by atoms with van der Waals surface area (Å²) in [4.78, 5) is 2.36. The maximum atomic E-state index is 3.97. The summed E-state index contributed by atoms with van der Waals surface area (Å²) < 4.78 is 0. The molecule has 0 spiro atoms. The van der Waals surface area contributed by atoms with Crippen molar-refractivity contribution in [2.24, 2.45) is 0 Å². The van der Waals surface area contributed by atoms with E-state index in [1.54, 1.807) is 6.20 Å². The molecule has 0 saturated carbocycles. The molecule has 0 amide bonds. The number of nitrogens with zero attached hydrogens (tertiary/aromatic N) is 3. The third-order valence-electron chi connectivity index (χ3n) is 2.70. The van der Waals surface area contributed by atoms with Crippen LogP contribution >= 0.6 is 0 Å². The molecule has 1 N–H and O–H groups in total. The molecule has 0 saturated heterocycles. The molecule has 0 atom stereocenters. The third kappa shape index (κ3) is 5.07. The van der Waals surface area contributed by atoms with Gasteiger partial charge >= 0.3 is 0 Å². The quantitative estimate of drug-likeness (QED) is 0.717. The molecule has 0 aliphatic heterocycles. The number of unbranched alkanes of at least 4 members (excludes halogenated alkanes) is 1. The summed E-state index contributed by atoms with van der Waals surface area (Å²) in [6.07, 6.45) is 4.05. The average molecular weight is 222 g/mol. The number of rotatable bonds is 7. The lowest BCUT2D eigenvalue weighted by molar-refractivity contribution is 0.269. The number of nitrogens with one attached hydrogen (secondary N) is 1. The van der Waals surface area contributed by atoms with Crippen LogP contribution in [0, 0.1) is 0 Å². The second kappa shape index (κ2) is 7.17. The zero-order valence-corrected chi connectivity index (χ0v) is 10.5. The normalized spacial score (nSPS) is 11.1. The molecule has 0 unspecified atom stereocenters. The monoisotopic (exact) mass is 222 g/mol. The largest absolute Gasteiger partial charge is 0.369 e. The van der Waals surface area contributed by atoms with E-state index >= 15 is 0 Å². The highest BCUT2D eigenvalue weighted by Crippen LogP contribution is 2.01. The zero-order valence-electron chi connectivity index (χ0n) is 10.5. The van der Waals surface area contributed by atoms with E-state index in [1.807, 2.05) is 12.1 Å². The van der Waals surface area contributed by atoms with E-state index in [9.17, 15) is 0 Å². The van der Waals surface area contributed by atoms with Crippen LogP contribution in [0.1, 0.15) is 26.7 Å². The van der Waals surface area contributed by atoms with Crippen LogP contribution in [0.15, 0.2) is 18.3 Å². The molecule has 0 bridgehead atoms. The van der Waals surface area contributed by atoms with Crippen LogP contribution in [-0.4, -0.2) is 41.3 Å². The smallest absolute Gasteiger partial charge is 0.148 e. The van der Waals surface area contributed by atoms with Gasteiger partial charge in [-0.15, -0.1) is 5.10 Å². The van der Waals surface area contributed by atoms with E-state index in [0.29, 0.717) is 6.04 Å². The fourth-order valence-corrected chi connectivity index (χ4v) is 1.36. The SMILES string of the molecule is CC(C)N(C)CCCCNc1cccnn1. The third-order valence-corrected chi connectivity index (χ3v) is 2.70. The number of hydrogen-bond donors (Lipinski definition) is 1. The van der Waals surface area contributed by atoms with Gasteiger partial charge in [-0.2, -0.15) is 5.10 Å². The number of aromatic nitrogens is 2. The Kier molecular flexibility index (Phi) is 5.78. The van der Waals surface area contributed by atoms with Crippen LogP contribution < -0.4 is 5.32 Å². The number of hydrogen-bond acceptors (Lipinski definition) is 4. The molecule has 90 valence electrons. The van der Waals surface area contributed by atoms with Gasteiger partial charge in [0.05, 0.1) is 0 Å². The molecule has 0 aromatic carbocycles. The fourth-order valence-electron chi connectivity index (χ4n) is 1.36. The lowest BCUT2D eigenvalue weighted by Crippen LogP contribution is -2.27. The summed E-state index contributed by atoms with van der Waals surface area (Å²) in [5.74, 6) is 0.861. The molecule has 0 fully saturated rings. The Balaban J connectivity index is 2.04. The molecule has 16 heavy (non-hydrogen) atoms. The second-order valence-corrected chi connectivity index (χ2v) is 4.32. The van der Waals surface area contributed by atoms with Crippen molar-refractivity contribution in [3.63, 3.8) is 0 Å². The molecular formula is C12H22N4. The van der Waals surface area contributed by atoms with Gasteiger partial charge in [-0.05, 0) is 52.4 Å². The maximum absolute atomic E-state index is 3.97. The van der Waals surface area contributed by atoms with Crippen molar-refractivity contribution in [2.45, 2.75) is 32.7 Å². The lowest BCUT2D eigenvalue weighted by Gasteiger charge is -2.20. The Labute approximate surface area is 98.1 Å². The van der Waals surface area contributed by atoms with Crippen molar-refractivity contribution in [3.8, 4) is 0 Å². The van der Waals surface area contributed by atoms with Crippen LogP contribution in [0.2, 0.25) is 0 Å². The Hall–Kier alpha value is -1.16. The van der Waals surface area contributed by atoms with Gasteiger partial charge in [-0.3, -0.25) is 0 Å². The minimum atomic E-state index is 0.632. The highest BCUT2D eigenvalue weighted by atomic mass is 15.2. The molecule has 4 nitrogen and oxygen atoms in total. The molecule has 1 rings (SSSR count). The van der Waals surface area contributed by atoms with E-state index in [0.717, 1.165) is 25.3 Å². The zero-order chi connectivity index (χ0) is 11.8. The summed E-state index contributed by atoms with van der Waals surface area (Å²) in [6, 6.07) is 4.46. The van der Waals surface area contributed by atoms with E-state index in [1.165, 1.54) is 6.42 Å². The Bertz CT molecular complexity index is 274. The van der Waals surface area contributed by atoms with Gasteiger partial charge in [-0.25, -0.2) is 0 Å². The van der Waals surface area contributed by atoms with Gasteiger partial charge in [0.25, 0.3) is 0 Å². The van der Waals surface area contributed by atoms with Crippen molar-refractivity contribution in [1.29, 1.82) is 0 Å². The van der Waals surface area contributed by atoms with Gasteiger partial charge in [0.2, 0.25) is 0 Å².